The molecule has 4 rings (SSSR count). The molecule has 1 N–H and O–H groups in total. The molecule has 0 spiro atoms. The topological polar surface area (TPSA) is 80.5 Å². The molecule has 28 heavy (non-hydrogen) atoms. The van der Waals surface area contributed by atoms with Gasteiger partial charge < -0.3 is 19.5 Å². The van der Waals surface area contributed by atoms with Crippen LogP contribution in [0, 0.1) is 6.92 Å². The minimum absolute atomic E-state index is 0.178. The fourth-order valence-electron chi connectivity index (χ4n) is 3.33. The first kappa shape index (κ1) is 18.0. The summed E-state index contributed by atoms with van der Waals surface area (Å²) in [7, 11) is 1.61. The lowest BCUT2D eigenvalue weighted by Gasteiger charge is -2.22. The Hall–Kier alpha value is -3.35. The van der Waals surface area contributed by atoms with E-state index < -0.39 is 0 Å². The molecule has 0 saturated carbocycles. The van der Waals surface area contributed by atoms with Gasteiger partial charge in [0.25, 0.3) is 0 Å². The van der Waals surface area contributed by atoms with Crippen molar-refractivity contribution in [2.24, 2.45) is 0 Å². The maximum Gasteiger partial charge on any atom is 0.322 e. The van der Waals surface area contributed by atoms with E-state index in [0.717, 1.165) is 24.2 Å². The number of nitrogens with zero attached hydrogens (tertiary/aromatic N) is 3. The summed E-state index contributed by atoms with van der Waals surface area (Å²) < 4.78 is 10.6. The van der Waals surface area contributed by atoms with Crippen LogP contribution in [0.3, 0.4) is 0 Å². The van der Waals surface area contributed by atoms with Crippen molar-refractivity contribution in [3.05, 3.63) is 60.0 Å². The summed E-state index contributed by atoms with van der Waals surface area (Å²) in [6, 6.07) is 14.8. The van der Waals surface area contributed by atoms with Crippen LogP contribution < -0.4 is 10.1 Å². The minimum atomic E-state index is -0.218. The quantitative estimate of drug-likeness (QED) is 0.727. The van der Waals surface area contributed by atoms with Gasteiger partial charge in [-0.2, -0.15) is 4.98 Å². The molecule has 1 fully saturated rings. The summed E-state index contributed by atoms with van der Waals surface area (Å²) in [6.07, 6.45) is 1.69. The first-order valence-corrected chi connectivity index (χ1v) is 9.26. The lowest BCUT2D eigenvalue weighted by atomic mass is 10.1. The number of rotatable bonds is 4. The summed E-state index contributed by atoms with van der Waals surface area (Å²) in [5, 5.41) is 7.02. The van der Waals surface area contributed by atoms with Crippen LogP contribution in [-0.4, -0.2) is 34.7 Å². The summed E-state index contributed by atoms with van der Waals surface area (Å²) in [4.78, 5) is 19.0. The number of carbonyl (C=O) groups excluding carboxylic acids is 1. The number of likely N-dealkylation sites (tertiary alicyclic amines) is 1. The van der Waals surface area contributed by atoms with Crippen molar-refractivity contribution in [1.29, 1.82) is 0 Å². The van der Waals surface area contributed by atoms with E-state index in [1.807, 2.05) is 55.5 Å². The molecule has 144 valence electrons. The van der Waals surface area contributed by atoms with Gasteiger partial charge in [0.05, 0.1) is 7.11 Å². The van der Waals surface area contributed by atoms with E-state index in [4.69, 9.17) is 9.26 Å². The number of carbonyl (C=O) groups is 1. The van der Waals surface area contributed by atoms with Gasteiger partial charge in [-0.1, -0.05) is 35.0 Å². The van der Waals surface area contributed by atoms with Crippen molar-refractivity contribution < 1.29 is 14.1 Å². The second kappa shape index (κ2) is 7.72. The number of aromatic nitrogens is 2. The largest absolute Gasteiger partial charge is 0.497 e. The van der Waals surface area contributed by atoms with Gasteiger partial charge >= 0.3 is 6.03 Å². The van der Waals surface area contributed by atoms with Gasteiger partial charge in [0.1, 0.15) is 11.8 Å². The van der Waals surface area contributed by atoms with Crippen molar-refractivity contribution in [2.45, 2.75) is 25.8 Å². The molecule has 2 amide bonds. The standard InChI is InChI=1S/C21H22N4O3/c1-14-5-7-15(8-6-14)19-23-20(28-24-19)18-4-3-13-25(18)21(26)22-16-9-11-17(27-2)12-10-16/h5-12,18H,3-4,13H2,1-2H3,(H,22,26). The normalized spacial score (nSPS) is 16.2. The fourth-order valence-corrected chi connectivity index (χ4v) is 3.33. The van der Waals surface area contributed by atoms with Gasteiger partial charge in [0.15, 0.2) is 0 Å². The lowest BCUT2D eigenvalue weighted by Crippen LogP contribution is -2.34. The molecule has 2 heterocycles. The molecule has 2 aromatic carbocycles. The summed E-state index contributed by atoms with van der Waals surface area (Å²) in [5.41, 5.74) is 2.78. The van der Waals surface area contributed by atoms with E-state index in [9.17, 15) is 4.79 Å². The molecule has 0 radical (unpaired) electrons. The highest BCUT2D eigenvalue weighted by atomic mass is 16.5. The average molecular weight is 378 g/mol. The molecule has 3 aromatic rings. The monoisotopic (exact) mass is 378 g/mol. The van der Waals surface area contributed by atoms with Crippen LogP contribution in [0.4, 0.5) is 10.5 Å². The van der Waals surface area contributed by atoms with Crippen LogP contribution >= 0.6 is 0 Å². The maximum atomic E-state index is 12.8. The SMILES string of the molecule is COc1ccc(NC(=O)N2CCCC2c2nc(-c3ccc(C)cc3)no2)cc1. The van der Waals surface area contributed by atoms with Crippen LogP contribution in [0.25, 0.3) is 11.4 Å². The fraction of sp³-hybridized carbons (Fsp3) is 0.286. The Balaban J connectivity index is 1.48. The highest BCUT2D eigenvalue weighted by Crippen LogP contribution is 2.32. The molecular formula is C21H22N4O3. The molecule has 1 aromatic heterocycles. The maximum absolute atomic E-state index is 12.8. The van der Waals surface area contributed by atoms with Gasteiger partial charge in [-0.15, -0.1) is 0 Å². The third-order valence-electron chi connectivity index (χ3n) is 4.89. The Labute approximate surface area is 163 Å². The number of benzene rings is 2. The summed E-state index contributed by atoms with van der Waals surface area (Å²) in [5.74, 6) is 1.75. The Morgan fingerprint density at radius 2 is 1.93 bits per heavy atom. The highest BCUT2D eigenvalue weighted by molar-refractivity contribution is 5.89. The molecule has 0 aliphatic carbocycles. The second-order valence-corrected chi connectivity index (χ2v) is 6.83. The summed E-state index contributed by atoms with van der Waals surface area (Å²) >= 11 is 0. The number of aryl methyl sites for hydroxylation is 1. The number of anilines is 1. The van der Waals surface area contributed by atoms with Crippen molar-refractivity contribution in [3.63, 3.8) is 0 Å². The molecule has 1 aliphatic rings. The number of ether oxygens (including phenoxy) is 1. The van der Waals surface area contributed by atoms with Crippen LogP contribution in [0.1, 0.15) is 30.3 Å². The van der Waals surface area contributed by atoms with E-state index in [2.05, 4.69) is 15.5 Å². The zero-order valence-electron chi connectivity index (χ0n) is 15.9. The van der Waals surface area contributed by atoms with Gasteiger partial charge in [-0.25, -0.2) is 4.79 Å². The molecule has 1 unspecified atom stereocenters. The predicted molar refractivity (Wildman–Crippen MR) is 105 cm³/mol. The minimum Gasteiger partial charge on any atom is -0.497 e. The number of urea groups is 1. The Morgan fingerprint density at radius 1 is 1.18 bits per heavy atom. The van der Waals surface area contributed by atoms with Gasteiger partial charge in [0, 0.05) is 17.8 Å². The second-order valence-electron chi connectivity index (χ2n) is 6.83. The zero-order valence-corrected chi connectivity index (χ0v) is 15.9. The Bertz CT molecular complexity index is 951. The van der Waals surface area contributed by atoms with Gasteiger partial charge in [0.2, 0.25) is 11.7 Å². The average Bonchev–Trinajstić information content (AvgIpc) is 3.38. The molecule has 1 atom stereocenters. The third kappa shape index (κ3) is 3.69. The van der Waals surface area contributed by atoms with Crippen molar-refractivity contribution in [3.8, 4) is 17.1 Å². The van der Waals surface area contributed by atoms with Crippen molar-refractivity contribution in [2.75, 3.05) is 19.0 Å². The number of hydrogen-bond acceptors (Lipinski definition) is 5. The number of nitrogens with one attached hydrogen (secondary N) is 1. The molecule has 7 nitrogen and oxygen atoms in total. The molecule has 1 aliphatic heterocycles. The van der Waals surface area contributed by atoms with Crippen LogP contribution in [0.2, 0.25) is 0 Å². The van der Waals surface area contributed by atoms with E-state index in [1.54, 1.807) is 12.0 Å². The highest BCUT2D eigenvalue weighted by Gasteiger charge is 2.34. The first-order valence-electron chi connectivity index (χ1n) is 9.26. The molecule has 7 heteroatoms. The third-order valence-corrected chi connectivity index (χ3v) is 4.89. The van der Waals surface area contributed by atoms with E-state index in [1.165, 1.54) is 5.56 Å². The first-order chi connectivity index (χ1) is 13.6. The van der Waals surface area contributed by atoms with Crippen LogP contribution in [0.15, 0.2) is 53.1 Å². The van der Waals surface area contributed by atoms with E-state index in [0.29, 0.717) is 23.9 Å². The summed E-state index contributed by atoms with van der Waals surface area (Å²) in [6.45, 7) is 2.68. The smallest absolute Gasteiger partial charge is 0.322 e. The lowest BCUT2D eigenvalue weighted by molar-refractivity contribution is 0.193. The Morgan fingerprint density at radius 3 is 2.64 bits per heavy atom. The van der Waals surface area contributed by atoms with Gasteiger partial charge in [-0.3, -0.25) is 0 Å². The van der Waals surface area contributed by atoms with Crippen LogP contribution in [0.5, 0.6) is 5.75 Å². The number of amides is 2. The molecule has 0 bridgehead atoms. The van der Waals surface area contributed by atoms with Crippen molar-refractivity contribution >= 4 is 11.7 Å². The van der Waals surface area contributed by atoms with Crippen LogP contribution in [-0.2, 0) is 0 Å². The molecular weight excluding hydrogens is 356 g/mol. The van der Waals surface area contributed by atoms with E-state index >= 15 is 0 Å². The number of hydrogen-bond donors (Lipinski definition) is 1. The predicted octanol–water partition coefficient (Wildman–Crippen LogP) is 4.42. The van der Waals surface area contributed by atoms with E-state index in [-0.39, 0.29) is 12.1 Å². The Kier molecular flexibility index (Phi) is 4.97. The van der Waals surface area contributed by atoms with Crippen molar-refractivity contribution in [1.82, 2.24) is 15.0 Å². The molecule has 1 saturated heterocycles. The van der Waals surface area contributed by atoms with Gasteiger partial charge in [-0.05, 0) is 44.0 Å². The zero-order chi connectivity index (χ0) is 19.5. The number of methoxy groups -OCH3 is 1.